The second kappa shape index (κ2) is 8.31. The topological polar surface area (TPSA) is 52.6 Å². The van der Waals surface area contributed by atoms with E-state index in [2.05, 4.69) is 21.4 Å². The highest BCUT2D eigenvalue weighted by Crippen LogP contribution is 2.33. The number of sulfonamides is 1. The van der Waals surface area contributed by atoms with Crippen LogP contribution in [0.15, 0.2) is 35.2 Å². The molecule has 0 spiro atoms. The first-order chi connectivity index (χ1) is 13.2. The van der Waals surface area contributed by atoms with Crippen LogP contribution in [-0.4, -0.2) is 46.0 Å². The molecule has 1 fully saturated rings. The fraction of sp³-hybridized carbons (Fsp3) is 0.429. The van der Waals surface area contributed by atoms with Crippen molar-refractivity contribution < 1.29 is 8.42 Å². The van der Waals surface area contributed by atoms with E-state index in [9.17, 15) is 8.42 Å². The molecule has 2 aromatic carbocycles. The third-order valence-corrected chi connectivity index (χ3v) is 7.14. The number of nitrogens with zero attached hydrogens (tertiary/aromatic N) is 2. The molecule has 1 heterocycles. The molecule has 0 atom stereocenters. The SMILES string of the molecule is CCN1CCN(c2ccc(Cl)cc2NS(=O)(=O)c2c(C)cc(C)cc2C)CC1. The summed E-state index contributed by atoms with van der Waals surface area (Å²) in [5.41, 5.74) is 3.92. The van der Waals surface area contributed by atoms with E-state index >= 15 is 0 Å². The molecule has 3 rings (SSSR count). The molecular formula is C21H28ClN3O2S. The normalized spacial score (nSPS) is 15.7. The van der Waals surface area contributed by atoms with Crippen LogP contribution >= 0.6 is 11.6 Å². The summed E-state index contributed by atoms with van der Waals surface area (Å²) >= 11 is 6.20. The molecule has 1 saturated heterocycles. The van der Waals surface area contributed by atoms with Crippen LogP contribution in [0.2, 0.25) is 5.02 Å². The fourth-order valence-electron chi connectivity index (χ4n) is 3.96. The number of aryl methyl sites for hydroxylation is 3. The minimum absolute atomic E-state index is 0.333. The fourth-order valence-corrected chi connectivity index (χ4v) is 5.65. The van der Waals surface area contributed by atoms with Gasteiger partial charge in [-0.3, -0.25) is 4.72 Å². The van der Waals surface area contributed by atoms with Gasteiger partial charge in [0.25, 0.3) is 10.0 Å². The van der Waals surface area contributed by atoms with Gasteiger partial charge in [0.15, 0.2) is 0 Å². The van der Waals surface area contributed by atoms with Gasteiger partial charge >= 0.3 is 0 Å². The Morgan fingerprint density at radius 1 is 1.00 bits per heavy atom. The number of rotatable bonds is 5. The van der Waals surface area contributed by atoms with Crippen LogP contribution in [0.4, 0.5) is 11.4 Å². The molecule has 0 bridgehead atoms. The zero-order valence-corrected chi connectivity index (χ0v) is 18.5. The highest BCUT2D eigenvalue weighted by Gasteiger charge is 2.24. The summed E-state index contributed by atoms with van der Waals surface area (Å²) in [7, 11) is -3.73. The molecule has 0 amide bonds. The van der Waals surface area contributed by atoms with E-state index in [1.165, 1.54) is 0 Å². The van der Waals surface area contributed by atoms with Gasteiger partial charge in [-0.25, -0.2) is 8.42 Å². The van der Waals surface area contributed by atoms with Crippen LogP contribution in [0.5, 0.6) is 0 Å². The van der Waals surface area contributed by atoms with E-state index in [4.69, 9.17) is 11.6 Å². The summed E-state index contributed by atoms with van der Waals surface area (Å²) in [6.45, 7) is 12.4. The molecule has 0 unspecified atom stereocenters. The quantitative estimate of drug-likeness (QED) is 0.785. The molecule has 0 aliphatic carbocycles. The lowest BCUT2D eigenvalue weighted by Gasteiger charge is -2.36. The van der Waals surface area contributed by atoms with Crippen molar-refractivity contribution in [1.29, 1.82) is 0 Å². The number of halogens is 1. The van der Waals surface area contributed by atoms with Crippen LogP contribution in [0.1, 0.15) is 23.6 Å². The van der Waals surface area contributed by atoms with Gasteiger partial charge in [0.2, 0.25) is 0 Å². The molecule has 0 radical (unpaired) electrons. The van der Waals surface area contributed by atoms with Crippen molar-refractivity contribution in [3.8, 4) is 0 Å². The van der Waals surface area contributed by atoms with Crippen LogP contribution in [-0.2, 0) is 10.0 Å². The zero-order chi connectivity index (χ0) is 20.5. The third-order valence-electron chi connectivity index (χ3n) is 5.24. The first-order valence-electron chi connectivity index (χ1n) is 9.59. The second-order valence-corrected chi connectivity index (χ2v) is 9.47. The average Bonchev–Trinajstić information content (AvgIpc) is 2.60. The second-order valence-electron chi connectivity index (χ2n) is 7.42. The van der Waals surface area contributed by atoms with Gasteiger partial charge in [0.05, 0.1) is 16.3 Å². The lowest BCUT2D eigenvalue weighted by Crippen LogP contribution is -2.46. The van der Waals surface area contributed by atoms with Crippen molar-refractivity contribution in [2.45, 2.75) is 32.6 Å². The maximum Gasteiger partial charge on any atom is 0.262 e. The van der Waals surface area contributed by atoms with Gasteiger partial charge in [0, 0.05) is 31.2 Å². The molecule has 1 N–H and O–H groups in total. The summed E-state index contributed by atoms with van der Waals surface area (Å²) in [5, 5.41) is 0.506. The average molecular weight is 422 g/mol. The van der Waals surface area contributed by atoms with E-state index in [0.717, 1.165) is 55.1 Å². The Kier molecular flexibility index (Phi) is 6.22. The Hall–Kier alpha value is -1.76. The van der Waals surface area contributed by atoms with E-state index in [1.807, 2.05) is 45.0 Å². The molecule has 0 aromatic heterocycles. The molecule has 0 saturated carbocycles. The van der Waals surface area contributed by atoms with Gasteiger partial charge in [-0.05, 0) is 56.6 Å². The van der Waals surface area contributed by atoms with Crippen molar-refractivity contribution >= 4 is 33.0 Å². The predicted molar refractivity (Wildman–Crippen MR) is 117 cm³/mol. The summed E-state index contributed by atoms with van der Waals surface area (Å²) < 4.78 is 29.2. The lowest BCUT2D eigenvalue weighted by atomic mass is 10.1. The predicted octanol–water partition coefficient (Wildman–Crippen LogP) is 4.21. The minimum atomic E-state index is -3.73. The Morgan fingerprint density at radius 3 is 2.18 bits per heavy atom. The van der Waals surface area contributed by atoms with Crippen LogP contribution in [0.3, 0.4) is 0 Å². The van der Waals surface area contributed by atoms with Crippen molar-refractivity contribution in [3.05, 3.63) is 52.0 Å². The first kappa shape index (κ1) is 21.0. The molecule has 1 aliphatic rings. The Bertz CT molecular complexity index is 945. The number of nitrogens with one attached hydrogen (secondary N) is 1. The summed E-state index contributed by atoms with van der Waals surface area (Å²) in [6, 6.07) is 9.19. The Balaban J connectivity index is 1.95. The third kappa shape index (κ3) is 4.45. The molecule has 5 nitrogen and oxygen atoms in total. The molecule has 7 heteroatoms. The molecule has 28 heavy (non-hydrogen) atoms. The number of anilines is 2. The van der Waals surface area contributed by atoms with Crippen LogP contribution in [0.25, 0.3) is 0 Å². The van der Waals surface area contributed by atoms with Crippen molar-refractivity contribution in [2.75, 3.05) is 42.3 Å². The number of piperazine rings is 1. The van der Waals surface area contributed by atoms with E-state index in [-0.39, 0.29) is 0 Å². The summed E-state index contributed by atoms with van der Waals surface area (Å²) in [6.07, 6.45) is 0. The zero-order valence-electron chi connectivity index (χ0n) is 16.9. The van der Waals surface area contributed by atoms with Gasteiger partial charge in [-0.2, -0.15) is 0 Å². The van der Waals surface area contributed by atoms with Gasteiger partial charge in [0.1, 0.15) is 0 Å². The first-order valence-corrected chi connectivity index (χ1v) is 11.4. The van der Waals surface area contributed by atoms with Crippen molar-refractivity contribution in [1.82, 2.24) is 4.90 Å². The monoisotopic (exact) mass is 421 g/mol. The molecule has 152 valence electrons. The molecular weight excluding hydrogens is 394 g/mol. The largest absolute Gasteiger partial charge is 0.367 e. The summed E-state index contributed by atoms with van der Waals surface area (Å²) in [5.74, 6) is 0. The minimum Gasteiger partial charge on any atom is -0.367 e. The maximum atomic E-state index is 13.2. The van der Waals surface area contributed by atoms with Gasteiger partial charge in [-0.1, -0.05) is 36.2 Å². The van der Waals surface area contributed by atoms with Gasteiger partial charge < -0.3 is 9.80 Å². The number of likely N-dealkylation sites (N-methyl/N-ethyl adjacent to an activating group) is 1. The molecule has 2 aromatic rings. The highest BCUT2D eigenvalue weighted by molar-refractivity contribution is 7.92. The van der Waals surface area contributed by atoms with Crippen LogP contribution in [0, 0.1) is 20.8 Å². The maximum absolute atomic E-state index is 13.2. The number of benzene rings is 2. The smallest absolute Gasteiger partial charge is 0.262 e. The Morgan fingerprint density at radius 2 is 1.61 bits per heavy atom. The standard InChI is InChI=1S/C21H28ClN3O2S/c1-5-24-8-10-25(11-9-24)20-7-6-18(22)14-19(20)23-28(26,27)21-16(3)12-15(2)13-17(21)4/h6-7,12-14,23H,5,8-11H2,1-4H3. The highest BCUT2D eigenvalue weighted by atomic mass is 35.5. The van der Waals surface area contributed by atoms with E-state index in [1.54, 1.807) is 6.07 Å². The van der Waals surface area contributed by atoms with E-state index in [0.29, 0.717) is 15.6 Å². The van der Waals surface area contributed by atoms with Crippen molar-refractivity contribution in [3.63, 3.8) is 0 Å². The van der Waals surface area contributed by atoms with Crippen molar-refractivity contribution in [2.24, 2.45) is 0 Å². The number of hydrogen-bond acceptors (Lipinski definition) is 4. The number of hydrogen-bond donors (Lipinski definition) is 1. The molecule has 1 aliphatic heterocycles. The summed E-state index contributed by atoms with van der Waals surface area (Å²) in [4.78, 5) is 4.93. The lowest BCUT2D eigenvalue weighted by molar-refractivity contribution is 0.271. The van der Waals surface area contributed by atoms with E-state index < -0.39 is 10.0 Å². The Labute approximate surface area is 173 Å². The van der Waals surface area contributed by atoms with Gasteiger partial charge in [-0.15, -0.1) is 0 Å². The van der Waals surface area contributed by atoms with Crippen LogP contribution < -0.4 is 9.62 Å².